The average Bonchev–Trinajstić information content (AvgIpc) is 3.30. The number of carbonyl (C=O) groups is 1. The van der Waals surface area contributed by atoms with E-state index in [0.717, 1.165) is 45.3 Å². The summed E-state index contributed by atoms with van der Waals surface area (Å²) in [7, 11) is 1.73. The monoisotopic (exact) mass is 418 g/mol. The minimum Gasteiger partial charge on any atom is -0.383 e. The molecule has 1 amide bonds. The molecular weight excluding hydrogens is 380 g/mol. The largest absolute Gasteiger partial charge is 0.383 e. The van der Waals surface area contributed by atoms with Crippen molar-refractivity contribution in [2.24, 2.45) is 17.8 Å². The number of aromatic nitrogens is 4. The number of methoxy groups -OCH3 is 1. The van der Waals surface area contributed by atoms with Crippen molar-refractivity contribution in [3.05, 3.63) is 6.33 Å². The van der Waals surface area contributed by atoms with Crippen LogP contribution in [-0.2, 0) is 16.1 Å². The molecule has 168 valence electrons. The predicted molar refractivity (Wildman–Crippen MR) is 114 cm³/mol. The standard InChI is InChI=1S/C22H38N6O2/c1-30-14-13-27(16-20-5-4-12-26-11-3-2-6-21(20)26)22(29)19-9-7-18(8-10-19)15-28-17-23-24-25-28/h17-21H,2-16H2,1H3/t18?,19?,20-,21+/m0/s1. The van der Waals surface area contributed by atoms with Gasteiger partial charge in [-0.05, 0) is 86.7 Å². The molecule has 0 aromatic carbocycles. The first-order chi connectivity index (χ1) is 14.7. The molecule has 3 aliphatic rings. The molecule has 2 saturated heterocycles. The van der Waals surface area contributed by atoms with E-state index in [1.54, 1.807) is 13.4 Å². The lowest BCUT2D eigenvalue weighted by Gasteiger charge is -2.46. The normalized spacial score (nSPS) is 30.0. The number of hydrogen-bond acceptors (Lipinski definition) is 6. The van der Waals surface area contributed by atoms with Gasteiger partial charge in [0.05, 0.1) is 6.61 Å². The van der Waals surface area contributed by atoms with E-state index in [1.807, 2.05) is 4.68 Å². The van der Waals surface area contributed by atoms with Crippen molar-refractivity contribution in [2.75, 3.05) is 39.9 Å². The summed E-state index contributed by atoms with van der Waals surface area (Å²) < 4.78 is 7.17. The summed E-state index contributed by atoms with van der Waals surface area (Å²) in [5.74, 6) is 1.72. The van der Waals surface area contributed by atoms with E-state index in [-0.39, 0.29) is 5.92 Å². The van der Waals surface area contributed by atoms with Crippen molar-refractivity contribution < 1.29 is 9.53 Å². The van der Waals surface area contributed by atoms with Gasteiger partial charge in [0.15, 0.2) is 0 Å². The van der Waals surface area contributed by atoms with Gasteiger partial charge in [0.1, 0.15) is 6.33 Å². The van der Waals surface area contributed by atoms with E-state index in [4.69, 9.17) is 4.74 Å². The van der Waals surface area contributed by atoms with Gasteiger partial charge in [-0.2, -0.15) is 0 Å². The summed E-state index contributed by atoms with van der Waals surface area (Å²) in [5.41, 5.74) is 0. The van der Waals surface area contributed by atoms with Crippen molar-refractivity contribution in [1.29, 1.82) is 0 Å². The van der Waals surface area contributed by atoms with Gasteiger partial charge in [-0.3, -0.25) is 4.79 Å². The molecule has 2 atom stereocenters. The van der Waals surface area contributed by atoms with E-state index in [0.29, 0.717) is 30.4 Å². The number of piperidine rings is 2. The van der Waals surface area contributed by atoms with Crippen LogP contribution in [0.1, 0.15) is 57.8 Å². The maximum atomic E-state index is 13.5. The highest BCUT2D eigenvalue weighted by atomic mass is 16.5. The summed E-state index contributed by atoms with van der Waals surface area (Å²) >= 11 is 0. The van der Waals surface area contributed by atoms with Crippen LogP contribution in [0.4, 0.5) is 0 Å². The van der Waals surface area contributed by atoms with Gasteiger partial charge in [-0.1, -0.05) is 6.42 Å². The van der Waals surface area contributed by atoms with Crippen LogP contribution in [0.15, 0.2) is 6.33 Å². The Kier molecular flexibility index (Phi) is 7.71. The van der Waals surface area contributed by atoms with Crippen LogP contribution >= 0.6 is 0 Å². The molecule has 0 N–H and O–H groups in total. The molecule has 30 heavy (non-hydrogen) atoms. The Balaban J connectivity index is 1.33. The first kappa shape index (κ1) is 21.7. The van der Waals surface area contributed by atoms with Crippen molar-refractivity contribution in [3.8, 4) is 0 Å². The number of hydrogen-bond donors (Lipinski definition) is 0. The highest BCUT2D eigenvalue weighted by Gasteiger charge is 2.36. The molecule has 1 aromatic rings. The SMILES string of the molecule is COCCN(C[C@@H]1CCCN2CCCC[C@H]12)C(=O)C1CCC(Cn2cnnn2)CC1. The van der Waals surface area contributed by atoms with Gasteiger partial charge in [-0.15, -0.1) is 5.10 Å². The number of nitrogens with zero attached hydrogens (tertiary/aromatic N) is 6. The third-order valence-electron chi connectivity index (χ3n) is 7.59. The molecule has 2 aliphatic heterocycles. The Bertz CT molecular complexity index is 644. The van der Waals surface area contributed by atoms with Gasteiger partial charge in [-0.25, -0.2) is 4.68 Å². The van der Waals surface area contributed by atoms with Crippen molar-refractivity contribution in [3.63, 3.8) is 0 Å². The molecule has 1 saturated carbocycles. The van der Waals surface area contributed by atoms with Crippen LogP contribution in [-0.4, -0.2) is 81.9 Å². The summed E-state index contributed by atoms with van der Waals surface area (Å²) in [6.07, 6.45) is 12.3. The third kappa shape index (κ3) is 5.38. The summed E-state index contributed by atoms with van der Waals surface area (Å²) in [5, 5.41) is 11.4. The van der Waals surface area contributed by atoms with E-state index in [2.05, 4.69) is 25.3 Å². The van der Waals surface area contributed by atoms with Crippen LogP contribution in [0, 0.1) is 17.8 Å². The van der Waals surface area contributed by atoms with Gasteiger partial charge >= 0.3 is 0 Å². The summed E-state index contributed by atoms with van der Waals surface area (Å²) in [6, 6.07) is 0.678. The van der Waals surface area contributed by atoms with Crippen molar-refractivity contribution in [2.45, 2.75) is 70.4 Å². The topological polar surface area (TPSA) is 76.4 Å². The second-order valence-corrected chi connectivity index (χ2v) is 9.53. The molecule has 8 heteroatoms. The first-order valence-corrected chi connectivity index (χ1v) is 12.0. The highest BCUT2D eigenvalue weighted by Crippen LogP contribution is 2.34. The maximum absolute atomic E-state index is 13.5. The van der Waals surface area contributed by atoms with E-state index in [1.165, 1.54) is 45.2 Å². The Morgan fingerprint density at radius 1 is 1.10 bits per heavy atom. The van der Waals surface area contributed by atoms with Gasteiger partial charge < -0.3 is 14.5 Å². The fourth-order valence-corrected chi connectivity index (χ4v) is 5.94. The number of tetrazole rings is 1. The summed E-state index contributed by atoms with van der Waals surface area (Å²) in [4.78, 5) is 18.3. The number of rotatable bonds is 8. The van der Waals surface area contributed by atoms with Crippen LogP contribution in [0.3, 0.4) is 0 Å². The molecule has 8 nitrogen and oxygen atoms in total. The Morgan fingerprint density at radius 2 is 1.93 bits per heavy atom. The molecule has 0 unspecified atom stereocenters. The molecule has 1 aliphatic carbocycles. The van der Waals surface area contributed by atoms with Gasteiger partial charge in [0, 0.05) is 38.7 Å². The van der Waals surface area contributed by atoms with Gasteiger partial charge in [0.2, 0.25) is 5.91 Å². The zero-order valence-electron chi connectivity index (χ0n) is 18.5. The minimum atomic E-state index is 0.165. The summed E-state index contributed by atoms with van der Waals surface area (Å²) in [6.45, 7) is 5.62. The quantitative estimate of drug-likeness (QED) is 0.644. The molecule has 0 radical (unpaired) electrons. The van der Waals surface area contributed by atoms with E-state index >= 15 is 0 Å². The molecule has 1 aromatic heterocycles. The lowest BCUT2D eigenvalue weighted by atomic mass is 9.80. The van der Waals surface area contributed by atoms with Crippen molar-refractivity contribution >= 4 is 5.91 Å². The second-order valence-electron chi connectivity index (χ2n) is 9.53. The number of fused-ring (bicyclic) bond motifs is 1. The lowest BCUT2D eigenvalue weighted by molar-refractivity contribution is -0.139. The number of ether oxygens (including phenoxy) is 1. The number of carbonyl (C=O) groups excluding carboxylic acids is 1. The van der Waals surface area contributed by atoms with Crippen LogP contribution < -0.4 is 0 Å². The number of amides is 1. The van der Waals surface area contributed by atoms with Crippen molar-refractivity contribution in [1.82, 2.24) is 30.0 Å². The highest BCUT2D eigenvalue weighted by molar-refractivity contribution is 5.79. The molecule has 3 heterocycles. The van der Waals surface area contributed by atoms with Gasteiger partial charge in [0.25, 0.3) is 0 Å². The van der Waals surface area contributed by atoms with Crippen LogP contribution in [0.5, 0.6) is 0 Å². The Morgan fingerprint density at radius 3 is 2.70 bits per heavy atom. The van der Waals surface area contributed by atoms with Crippen LogP contribution in [0.25, 0.3) is 0 Å². The molecule has 0 bridgehead atoms. The fourth-order valence-electron chi connectivity index (χ4n) is 5.94. The zero-order valence-corrected chi connectivity index (χ0v) is 18.5. The second kappa shape index (κ2) is 10.7. The van der Waals surface area contributed by atoms with E-state index in [9.17, 15) is 4.79 Å². The van der Waals surface area contributed by atoms with E-state index < -0.39 is 0 Å². The molecular formula is C22H38N6O2. The lowest BCUT2D eigenvalue weighted by Crippen LogP contribution is -2.52. The smallest absolute Gasteiger partial charge is 0.225 e. The maximum Gasteiger partial charge on any atom is 0.225 e. The molecule has 4 rings (SSSR count). The minimum absolute atomic E-state index is 0.165. The zero-order chi connectivity index (χ0) is 20.8. The third-order valence-corrected chi connectivity index (χ3v) is 7.59. The Hall–Kier alpha value is -1.54. The first-order valence-electron chi connectivity index (χ1n) is 12.0. The molecule has 3 fully saturated rings. The Labute approximate surface area is 180 Å². The molecule has 0 spiro atoms. The average molecular weight is 419 g/mol. The van der Waals surface area contributed by atoms with Crippen LogP contribution in [0.2, 0.25) is 0 Å². The fraction of sp³-hybridized carbons (Fsp3) is 0.909. The predicted octanol–water partition coefficient (Wildman–Crippen LogP) is 2.22.